The van der Waals surface area contributed by atoms with Crippen LogP contribution < -0.4 is 0 Å². The van der Waals surface area contributed by atoms with Crippen molar-refractivity contribution in [2.24, 2.45) is 0 Å². The van der Waals surface area contributed by atoms with Crippen LogP contribution in [-0.2, 0) is 0 Å². The van der Waals surface area contributed by atoms with E-state index in [0.717, 1.165) is 20.6 Å². The molecule has 0 bridgehead atoms. The number of hydrogen-bond acceptors (Lipinski definition) is 2. The number of hydrogen-bond donors (Lipinski definition) is 0. The molecule has 0 aliphatic carbocycles. The van der Waals surface area contributed by atoms with Crippen LogP contribution in [0.4, 0.5) is 0 Å². The van der Waals surface area contributed by atoms with Crippen molar-refractivity contribution in [3.05, 3.63) is 39.4 Å². The zero-order valence-electron chi connectivity index (χ0n) is 7.41. The van der Waals surface area contributed by atoms with Gasteiger partial charge in [0, 0.05) is 23.1 Å². The maximum atomic E-state index is 4.29. The highest BCUT2D eigenvalue weighted by Gasteiger charge is 2.04. The Morgan fingerprint density at radius 3 is 2.57 bits per heavy atom. The summed E-state index contributed by atoms with van der Waals surface area (Å²) in [5.74, 6) is 1.78. The summed E-state index contributed by atoms with van der Waals surface area (Å²) < 4.78 is 3.85. The van der Waals surface area contributed by atoms with Gasteiger partial charge >= 0.3 is 0 Å². The van der Waals surface area contributed by atoms with Crippen LogP contribution in [0.2, 0.25) is 0 Å². The molecule has 72 valence electrons. The van der Waals surface area contributed by atoms with Gasteiger partial charge in [0.2, 0.25) is 0 Å². The molecule has 0 radical (unpaired) electrons. The third kappa shape index (κ3) is 1.74. The standard InChI is InChI=1S/C9H7Br2N3/c1-6-12-2-3-14(6)9-4-7(10)8(11)5-13-9/h2-5H,1H3. The average Bonchev–Trinajstić information content (AvgIpc) is 2.57. The van der Waals surface area contributed by atoms with E-state index in [2.05, 4.69) is 41.8 Å². The molecular formula is C9H7Br2N3. The van der Waals surface area contributed by atoms with Crippen molar-refractivity contribution < 1.29 is 0 Å². The predicted octanol–water partition coefficient (Wildman–Crippen LogP) is 3.10. The molecule has 2 aromatic rings. The lowest BCUT2D eigenvalue weighted by molar-refractivity contribution is 0.929. The van der Waals surface area contributed by atoms with Gasteiger partial charge in [-0.15, -0.1) is 0 Å². The maximum absolute atomic E-state index is 4.29. The molecule has 0 saturated carbocycles. The molecule has 0 N–H and O–H groups in total. The molecule has 0 atom stereocenters. The largest absolute Gasteiger partial charge is 0.288 e. The van der Waals surface area contributed by atoms with E-state index in [1.54, 1.807) is 12.4 Å². The fourth-order valence-electron chi connectivity index (χ4n) is 1.16. The number of rotatable bonds is 1. The highest BCUT2D eigenvalue weighted by atomic mass is 79.9. The number of imidazole rings is 1. The smallest absolute Gasteiger partial charge is 0.139 e. The molecule has 0 unspecified atom stereocenters. The minimum absolute atomic E-state index is 0.857. The van der Waals surface area contributed by atoms with Crippen molar-refractivity contribution in [2.75, 3.05) is 0 Å². The van der Waals surface area contributed by atoms with E-state index < -0.39 is 0 Å². The average molecular weight is 317 g/mol. The Hall–Kier alpha value is -0.680. The molecule has 2 heterocycles. The molecule has 3 nitrogen and oxygen atoms in total. The molecule has 0 saturated heterocycles. The normalized spacial score (nSPS) is 10.5. The second-order valence-electron chi connectivity index (χ2n) is 2.80. The SMILES string of the molecule is Cc1nccn1-c1cc(Br)c(Br)cn1. The summed E-state index contributed by atoms with van der Waals surface area (Å²) in [7, 11) is 0. The monoisotopic (exact) mass is 315 g/mol. The lowest BCUT2D eigenvalue weighted by Gasteiger charge is -2.04. The summed E-state index contributed by atoms with van der Waals surface area (Å²) in [4.78, 5) is 8.43. The number of halogens is 2. The fourth-order valence-corrected chi connectivity index (χ4v) is 1.68. The fraction of sp³-hybridized carbons (Fsp3) is 0.111. The third-order valence-electron chi connectivity index (χ3n) is 1.87. The molecule has 0 amide bonds. The minimum atomic E-state index is 0.857. The molecular weight excluding hydrogens is 310 g/mol. The van der Waals surface area contributed by atoms with E-state index >= 15 is 0 Å². The van der Waals surface area contributed by atoms with Crippen LogP contribution in [0.3, 0.4) is 0 Å². The van der Waals surface area contributed by atoms with E-state index in [1.807, 2.05) is 23.8 Å². The van der Waals surface area contributed by atoms with Crippen molar-refractivity contribution in [3.63, 3.8) is 0 Å². The van der Waals surface area contributed by atoms with Crippen LogP contribution in [0.25, 0.3) is 5.82 Å². The minimum Gasteiger partial charge on any atom is -0.288 e. The van der Waals surface area contributed by atoms with Crippen LogP contribution >= 0.6 is 31.9 Å². The predicted molar refractivity (Wildman–Crippen MR) is 61.5 cm³/mol. The molecule has 0 aromatic carbocycles. The summed E-state index contributed by atoms with van der Waals surface area (Å²) in [6, 6.07) is 1.94. The van der Waals surface area contributed by atoms with Gasteiger partial charge in [0.25, 0.3) is 0 Å². The summed E-state index contributed by atoms with van der Waals surface area (Å²) in [5, 5.41) is 0. The molecule has 0 aliphatic heterocycles. The number of nitrogens with zero attached hydrogens (tertiary/aromatic N) is 3. The summed E-state index contributed by atoms with van der Waals surface area (Å²) >= 11 is 6.81. The van der Waals surface area contributed by atoms with Gasteiger partial charge in [-0.25, -0.2) is 9.97 Å². The van der Waals surface area contributed by atoms with Crippen molar-refractivity contribution in [2.45, 2.75) is 6.92 Å². The number of pyridine rings is 1. The topological polar surface area (TPSA) is 30.7 Å². The van der Waals surface area contributed by atoms with Crippen LogP contribution in [0.5, 0.6) is 0 Å². The first-order valence-electron chi connectivity index (χ1n) is 4.00. The van der Waals surface area contributed by atoms with Gasteiger partial charge in [0.15, 0.2) is 0 Å². The molecule has 14 heavy (non-hydrogen) atoms. The lowest BCUT2D eigenvalue weighted by atomic mass is 10.4. The van der Waals surface area contributed by atoms with Gasteiger partial charge in [0.1, 0.15) is 11.6 Å². The van der Waals surface area contributed by atoms with Crippen molar-refractivity contribution in [3.8, 4) is 5.82 Å². The highest BCUT2D eigenvalue weighted by molar-refractivity contribution is 9.13. The van der Waals surface area contributed by atoms with Gasteiger partial charge in [-0.05, 0) is 44.8 Å². The van der Waals surface area contributed by atoms with Gasteiger partial charge in [-0.3, -0.25) is 4.57 Å². The van der Waals surface area contributed by atoms with Crippen LogP contribution in [0.15, 0.2) is 33.6 Å². The van der Waals surface area contributed by atoms with Gasteiger partial charge in [-0.2, -0.15) is 0 Å². The van der Waals surface area contributed by atoms with Gasteiger partial charge < -0.3 is 0 Å². The lowest BCUT2D eigenvalue weighted by Crippen LogP contribution is -1.98. The maximum Gasteiger partial charge on any atom is 0.139 e. The highest BCUT2D eigenvalue weighted by Crippen LogP contribution is 2.23. The number of aryl methyl sites for hydroxylation is 1. The third-order valence-corrected chi connectivity index (χ3v) is 3.69. The Labute approximate surface area is 98.4 Å². The van der Waals surface area contributed by atoms with E-state index in [9.17, 15) is 0 Å². The molecule has 2 rings (SSSR count). The van der Waals surface area contributed by atoms with E-state index in [1.165, 1.54) is 0 Å². The first kappa shape index (κ1) is 9.86. The molecule has 0 aliphatic rings. The van der Waals surface area contributed by atoms with Crippen LogP contribution in [-0.4, -0.2) is 14.5 Å². The molecule has 2 aromatic heterocycles. The molecule has 5 heteroatoms. The van der Waals surface area contributed by atoms with Crippen LogP contribution in [0, 0.1) is 6.92 Å². The Bertz CT molecular complexity index is 465. The number of aromatic nitrogens is 3. The Morgan fingerprint density at radius 2 is 2.00 bits per heavy atom. The first-order valence-corrected chi connectivity index (χ1v) is 5.58. The van der Waals surface area contributed by atoms with Crippen LogP contribution in [0.1, 0.15) is 5.82 Å². The van der Waals surface area contributed by atoms with Crippen molar-refractivity contribution in [1.82, 2.24) is 14.5 Å². The molecule has 0 spiro atoms. The Kier molecular flexibility index (Phi) is 2.69. The Balaban J connectivity index is 2.53. The summed E-state index contributed by atoms with van der Waals surface area (Å²) in [6.07, 6.45) is 5.41. The summed E-state index contributed by atoms with van der Waals surface area (Å²) in [5.41, 5.74) is 0. The van der Waals surface area contributed by atoms with E-state index in [4.69, 9.17) is 0 Å². The van der Waals surface area contributed by atoms with E-state index in [-0.39, 0.29) is 0 Å². The zero-order valence-corrected chi connectivity index (χ0v) is 10.6. The molecule has 0 fully saturated rings. The zero-order chi connectivity index (χ0) is 10.1. The second-order valence-corrected chi connectivity index (χ2v) is 4.51. The van der Waals surface area contributed by atoms with Crippen molar-refractivity contribution >= 4 is 31.9 Å². The van der Waals surface area contributed by atoms with E-state index in [0.29, 0.717) is 0 Å². The van der Waals surface area contributed by atoms with Gasteiger partial charge in [-0.1, -0.05) is 0 Å². The first-order chi connectivity index (χ1) is 6.68. The Morgan fingerprint density at radius 1 is 1.21 bits per heavy atom. The second kappa shape index (κ2) is 3.82. The summed E-state index contributed by atoms with van der Waals surface area (Å²) in [6.45, 7) is 1.94. The van der Waals surface area contributed by atoms with Gasteiger partial charge in [0.05, 0.1) is 4.47 Å². The quantitative estimate of drug-likeness (QED) is 0.809. The van der Waals surface area contributed by atoms with Crippen molar-refractivity contribution in [1.29, 1.82) is 0 Å².